The summed E-state index contributed by atoms with van der Waals surface area (Å²) in [4.78, 5) is 1.88. The standard InChI is InChI=1S/C14H26F2N2O/c15-13(16)11-18(8-7-17)12-4-9-19-14(10-12)5-2-1-3-6-14/h12-13H,1-11,17H2. The molecular weight excluding hydrogens is 250 g/mol. The maximum Gasteiger partial charge on any atom is 0.251 e. The van der Waals surface area contributed by atoms with Crippen molar-refractivity contribution in [3.63, 3.8) is 0 Å². The van der Waals surface area contributed by atoms with Gasteiger partial charge >= 0.3 is 0 Å². The molecule has 0 aromatic carbocycles. The van der Waals surface area contributed by atoms with Gasteiger partial charge in [0.2, 0.25) is 0 Å². The van der Waals surface area contributed by atoms with Crippen LogP contribution in [0.15, 0.2) is 0 Å². The minimum absolute atomic E-state index is 0.0316. The first-order chi connectivity index (χ1) is 9.15. The largest absolute Gasteiger partial charge is 0.375 e. The van der Waals surface area contributed by atoms with Crippen LogP contribution in [0.25, 0.3) is 0 Å². The van der Waals surface area contributed by atoms with Crippen molar-refractivity contribution in [1.29, 1.82) is 0 Å². The molecule has 112 valence electrons. The molecule has 0 radical (unpaired) electrons. The van der Waals surface area contributed by atoms with Crippen LogP contribution in [-0.2, 0) is 4.74 Å². The number of halogens is 2. The van der Waals surface area contributed by atoms with Gasteiger partial charge in [-0.15, -0.1) is 0 Å². The van der Waals surface area contributed by atoms with Crippen LogP contribution in [0, 0.1) is 0 Å². The van der Waals surface area contributed by atoms with E-state index in [1.54, 1.807) is 0 Å². The lowest BCUT2D eigenvalue weighted by Gasteiger charge is -2.46. The van der Waals surface area contributed by atoms with Gasteiger partial charge in [-0.3, -0.25) is 4.90 Å². The first-order valence-corrected chi connectivity index (χ1v) is 7.51. The van der Waals surface area contributed by atoms with Gasteiger partial charge in [-0.05, 0) is 25.7 Å². The second-order valence-corrected chi connectivity index (χ2v) is 5.91. The Kier molecular flexibility index (Phi) is 5.54. The van der Waals surface area contributed by atoms with Gasteiger partial charge < -0.3 is 10.5 Å². The van der Waals surface area contributed by atoms with Crippen molar-refractivity contribution in [3.05, 3.63) is 0 Å². The van der Waals surface area contributed by atoms with E-state index in [2.05, 4.69) is 0 Å². The lowest BCUT2D eigenvalue weighted by atomic mass is 9.78. The zero-order valence-corrected chi connectivity index (χ0v) is 11.6. The second kappa shape index (κ2) is 6.95. The Balaban J connectivity index is 1.97. The molecule has 1 saturated heterocycles. The summed E-state index contributed by atoms with van der Waals surface area (Å²) in [5, 5.41) is 0. The summed E-state index contributed by atoms with van der Waals surface area (Å²) in [6.45, 7) is 1.55. The van der Waals surface area contributed by atoms with E-state index in [0.29, 0.717) is 19.7 Å². The Bertz CT molecular complexity index is 265. The Morgan fingerprint density at radius 3 is 2.63 bits per heavy atom. The van der Waals surface area contributed by atoms with Gasteiger partial charge in [0.05, 0.1) is 12.1 Å². The summed E-state index contributed by atoms with van der Waals surface area (Å²) in [6, 6.07) is 0.212. The van der Waals surface area contributed by atoms with Crippen molar-refractivity contribution in [1.82, 2.24) is 4.90 Å². The first kappa shape index (κ1) is 15.1. The fourth-order valence-electron chi connectivity index (χ4n) is 3.62. The maximum absolute atomic E-state index is 12.7. The third-order valence-corrected chi connectivity index (χ3v) is 4.54. The van der Waals surface area contributed by atoms with Crippen LogP contribution in [0.3, 0.4) is 0 Å². The molecular formula is C14H26F2N2O. The highest BCUT2D eigenvalue weighted by Crippen LogP contribution is 2.39. The molecule has 2 aliphatic rings. The minimum atomic E-state index is -2.28. The average molecular weight is 276 g/mol. The molecule has 0 aromatic rings. The van der Waals surface area contributed by atoms with Crippen LogP contribution in [-0.4, -0.2) is 49.2 Å². The Hall–Kier alpha value is -0.260. The van der Waals surface area contributed by atoms with Gasteiger partial charge in [0.25, 0.3) is 6.43 Å². The SMILES string of the molecule is NCCN(CC(F)F)C1CCOC2(CCCCC2)C1. The molecule has 1 heterocycles. The highest BCUT2D eigenvalue weighted by Gasteiger charge is 2.40. The number of nitrogens with zero attached hydrogens (tertiary/aromatic N) is 1. The second-order valence-electron chi connectivity index (χ2n) is 5.91. The Labute approximate surface area is 114 Å². The van der Waals surface area contributed by atoms with E-state index in [9.17, 15) is 8.78 Å². The Morgan fingerprint density at radius 1 is 1.26 bits per heavy atom. The number of alkyl halides is 2. The van der Waals surface area contributed by atoms with Crippen molar-refractivity contribution in [2.75, 3.05) is 26.2 Å². The summed E-state index contributed by atoms with van der Waals surface area (Å²) in [7, 11) is 0. The molecule has 1 saturated carbocycles. The maximum atomic E-state index is 12.7. The van der Waals surface area contributed by atoms with Crippen LogP contribution >= 0.6 is 0 Å². The van der Waals surface area contributed by atoms with Crippen LogP contribution in [0.4, 0.5) is 8.78 Å². The molecule has 0 aromatic heterocycles. The lowest BCUT2D eigenvalue weighted by molar-refractivity contribution is -0.127. The third kappa shape index (κ3) is 4.10. The molecule has 0 amide bonds. The highest BCUT2D eigenvalue weighted by molar-refractivity contribution is 4.93. The van der Waals surface area contributed by atoms with Gasteiger partial charge in [0.15, 0.2) is 0 Å². The number of ether oxygens (including phenoxy) is 1. The van der Waals surface area contributed by atoms with Gasteiger partial charge in [0, 0.05) is 25.7 Å². The van der Waals surface area contributed by atoms with Gasteiger partial charge in [-0.25, -0.2) is 8.78 Å². The molecule has 3 nitrogen and oxygen atoms in total. The van der Waals surface area contributed by atoms with E-state index < -0.39 is 6.43 Å². The highest BCUT2D eigenvalue weighted by atomic mass is 19.3. The van der Waals surface area contributed by atoms with E-state index in [0.717, 1.165) is 25.7 Å². The monoisotopic (exact) mass is 276 g/mol. The molecule has 1 unspecified atom stereocenters. The van der Waals surface area contributed by atoms with E-state index >= 15 is 0 Å². The first-order valence-electron chi connectivity index (χ1n) is 7.51. The minimum Gasteiger partial charge on any atom is -0.375 e. The fraction of sp³-hybridized carbons (Fsp3) is 1.00. The van der Waals surface area contributed by atoms with Crippen LogP contribution < -0.4 is 5.73 Å². The topological polar surface area (TPSA) is 38.5 Å². The molecule has 2 N–H and O–H groups in total. The number of hydrogen-bond donors (Lipinski definition) is 1. The fourth-order valence-corrected chi connectivity index (χ4v) is 3.62. The molecule has 2 fully saturated rings. The van der Waals surface area contributed by atoms with E-state index in [1.165, 1.54) is 19.3 Å². The zero-order valence-electron chi connectivity index (χ0n) is 11.6. The number of hydrogen-bond acceptors (Lipinski definition) is 3. The van der Waals surface area contributed by atoms with Gasteiger partial charge in [-0.1, -0.05) is 19.3 Å². The summed E-state index contributed by atoms with van der Waals surface area (Å²) < 4.78 is 31.4. The number of nitrogens with two attached hydrogens (primary N) is 1. The molecule has 1 aliphatic heterocycles. The van der Waals surface area contributed by atoms with E-state index in [-0.39, 0.29) is 18.2 Å². The third-order valence-electron chi connectivity index (χ3n) is 4.54. The number of rotatable bonds is 5. The van der Waals surface area contributed by atoms with Gasteiger partial charge in [-0.2, -0.15) is 0 Å². The van der Waals surface area contributed by atoms with Crippen LogP contribution in [0.2, 0.25) is 0 Å². The van der Waals surface area contributed by atoms with Gasteiger partial charge in [0.1, 0.15) is 0 Å². The van der Waals surface area contributed by atoms with Crippen molar-refractivity contribution in [2.24, 2.45) is 5.73 Å². The normalized spacial score (nSPS) is 27.3. The lowest BCUT2D eigenvalue weighted by Crippen LogP contribution is -2.51. The zero-order chi connectivity index (χ0) is 13.7. The molecule has 5 heteroatoms. The molecule has 0 bridgehead atoms. The molecule has 2 rings (SSSR count). The van der Waals surface area contributed by atoms with E-state index in [1.807, 2.05) is 4.90 Å². The Morgan fingerprint density at radius 2 is 2.00 bits per heavy atom. The van der Waals surface area contributed by atoms with Crippen LogP contribution in [0.5, 0.6) is 0 Å². The summed E-state index contributed by atoms with van der Waals surface area (Å²) in [6.07, 6.45) is 5.35. The molecule has 19 heavy (non-hydrogen) atoms. The predicted molar refractivity (Wildman–Crippen MR) is 71.4 cm³/mol. The van der Waals surface area contributed by atoms with Crippen molar-refractivity contribution < 1.29 is 13.5 Å². The average Bonchev–Trinajstić information content (AvgIpc) is 2.39. The van der Waals surface area contributed by atoms with Crippen molar-refractivity contribution >= 4 is 0 Å². The summed E-state index contributed by atoms with van der Waals surface area (Å²) in [5.74, 6) is 0. The smallest absolute Gasteiger partial charge is 0.251 e. The summed E-state index contributed by atoms with van der Waals surface area (Å²) in [5.41, 5.74) is 5.53. The molecule has 1 atom stereocenters. The van der Waals surface area contributed by atoms with E-state index in [4.69, 9.17) is 10.5 Å². The quantitative estimate of drug-likeness (QED) is 0.838. The predicted octanol–water partition coefficient (Wildman–Crippen LogP) is 2.39. The summed E-state index contributed by atoms with van der Waals surface area (Å²) >= 11 is 0. The molecule has 1 spiro atoms. The van der Waals surface area contributed by atoms with Crippen molar-refractivity contribution in [3.8, 4) is 0 Å². The van der Waals surface area contributed by atoms with Crippen LogP contribution in [0.1, 0.15) is 44.9 Å². The van der Waals surface area contributed by atoms with Crippen molar-refractivity contribution in [2.45, 2.75) is 63.0 Å². The molecule has 1 aliphatic carbocycles.